The monoisotopic (exact) mass is 320 g/mol. The predicted octanol–water partition coefficient (Wildman–Crippen LogP) is 0.842. The molecule has 1 aromatic carbocycles. The minimum atomic E-state index is -0.845. The molecule has 1 unspecified atom stereocenters. The van der Waals surface area contributed by atoms with Gasteiger partial charge in [-0.05, 0) is 18.2 Å². The zero-order valence-corrected chi connectivity index (χ0v) is 12.3. The number of hydrogen-bond acceptors (Lipinski definition) is 6. The highest BCUT2D eigenvalue weighted by Gasteiger charge is 2.31. The first kappa shape index (κ1) is 14.3. The highest BCUT2D eigenvalue weighted by Crippen LogP contribution is 2.29. The Morgan fingerprint density at radius 1 is 1.45 bits per heavy atom. The average Bonchev–Trinajstić information content (AvgIpc) is 3.00. The van der Waals surface area contributed by atoms with Crippen LogP contribution < -0.4 is 20.7 Å². The van der Waals surface area contributed by atoms with Crippen LogP contribution in [0.4, 0.5) is 9.93 Å². The van der Waals surface area contributed by atoms with E-state index in [2.05, 4.69) is 20.9 Å². The van der Waals surface area contributed by atoms with E-state index < -0.39 is 23.9 Å². The number of nitrogens with one attached hydrogen (secondary N) is 3. The average molecular weight is 320 g/mol. The zero-order valence-electron chi connectivity index (χ0n) is 11.5. The molecule has 114 valence electrons. The van der Waals surface area contributed by atoms with E-state index in [0.717, 1.165) is 10.2 Å². The van der Waals surface area contributed by atoms with Crippen molar-refractivity contribution >= 4 is 44.5 Å². The number of imide groups is 1. The van der Waals surface area contributed by atoms with Gasteiger partial charge >= 0.3 is 6.03 Å². The van der Waals surface area contributed by atoms with Crippen LogP contribution in [0.25, 0.3) is 10.2 Å². The summed E-state index contributed by atoms with van der Waals surface area (Å²) < 4.78 is 6.01. The van der Waals surface area contributed by atoms with Crippen LogP contribution in [0.5, 0.6) is 5.75 Å². The molecule has 0 radical (unpaired) electrons. The molecule has 1 fully saturated rings. The summed E-state index contributed by atoms with van der Waals surface area (Å²) in [6, 6.07) is 3.97. The maximum atomic E-state index is 11.9. The largest absolute Gasteiger partial charge is 0.497 e. The summed E-state index contributed by atoms with van der Waals surface area (Å²) in [5, 5.41) is 7.50. The second-order valence-corrected chi connectivity index (χ2v) is 5.65. The van der Waals surface area contributed by atoms with Crippen LogP contribution in [0.1, 0.15) is 6.42 Å². The Morgan fingerprint density at radius 2 is 2.27 bits per heavy atom. The lowest BCUT2D eigenvalue weighted by Crippen LogP contribution is -2.33. The zero-order chi connectivity index (χ0) is 15.7. The second kappa shape index (κ2) is 5.60. The van der Waals surface area contributed by atoms with E-state index in [-0.39, 0.29) is 6.42 Å². The summed E-state index contributed by atoms with van der Waals surface area (Å²) in [6.07, 6.45) is -0.142. The Bertz CT molecular complexity index is 772. The third kappa shape index (κ3) is 2.84. The van der Waals surface area contributed by atoms with E-state index in [1.54, 1.807) is 19.2 Å². The van der Waals surface area contributed by atoms with Crippen LogP contribution in [0.2, 0.25) is 0 Å². The molecule has 3 rings (SSSR count). The Balaban J connectivity index is 1.68. The van der Waals surface area contributed by atoms with Gasteiger partial charge in [0.15, 0.2) is 5.13 Å². The number of carbonyl (C=O) groups excluding carboxylic acids is 3. The van der Waals surface area contributed by atoms with E-state index in [4.69, 9.17) is 4.74 Å². The van der Waals surface area contributed by atoms with Crippen molar-refractivity contribution in [2.24, 2.45) is 0 Å². The number of ether oxygens (including phenoxy) is 1. The molecule has 1 saturated heterocycles. The quantitative estimate of drug-likeness (QED) is 0.723. The van der Waals surface area contributed by atoms with Crippen molar-refractivity contribution in [3.63, 3.8) is 0 Å². The van der Waals surface area contributed by atoms with E-state index >= 15 is 0 Å². The number of methoxy groups -OCH3 is 1. The summed E-state index contributed by atoms with van der Waals surface area (Å²) >= 11 is 1.30. The summed E-state index contributed by atoms with van der Waals surface area (Å²) in [6.45, 7) is 0. The number of urea groups is 1. The van der Waals surface area contributed by atoms with E-state index in [1.807, 2.05) is 6.07 Å². The fourth-order valence-corrected chi connectivity index (χ4v) is 2.95. The van der Waals surface area contributed by atoms with Crippen LogP contribution in [-0.2, 0) is 9.59 Å². The number of anilines is 1. The molecule has 9 heteroatoms. The normalized spacial score (nSPS) is 17.2. The molecule has 0 bridgehead atoms. The lowest BCUT2D eigenvalue weighted by atomic mass is 10.2. The number of amides is 4. The molecule has 0 saturated carbocycles. The van der Waals surface area contributed by atoms with Crippen molar-refractivity contribution in [3.05, 3.63) is 18.2 Å². The number of nitrogens with zero attached hydrogens (tertiary/aromatic N) is 1. The SMILES string of the molecule is COc1ccc2nc(NC(=O)CC3NC(=O)NC3=O)sc2c1. The molecule has 8 nitrogen and oxygen atoms in total. The van der Waals surface area contributed by atoms with Crippen LogP contribution in [0, 0.1) is 0 Å². The molecular weight excluding hydrogens is 308 g/mol. The van der Waals surface area contributed by atoms with Gasteiger partial charge in [-0.2, -0.15) is 0 Å². The lowest BCUT2D eigenvalue weighted by Gasteiger charge is -2.05. The van der Waals surface area contributed by atoms with Gasteiger partial charge in [-0.1, -0.05) is 11.3 Å². The Labute approximate surface area is 128 Å². The maximum absolute atomic E-state index is 11.9. The number of thiazole rings is 1. The smallest absolute Gasteiger partial charge is 0.322 e. The van der Waals surface area contributed by atoms with Gasteiger partial charge in [0, 0.05) is 0 Å². The van der Waals surface area contributed by atoms with Crippen molar-refractivity contribution in [2.45, 2.75) is 12.5 Å². The summed E-state index contributed by atoms with van der Waals surface area (Å²) in [4.78, 5) is 38.6. The van der Waals surface area contributed by atoms with Gasteiger partial charge in [-0.3, -0.25) is 14.9 Å². The minimum absolute atomic E-state index is 0.142. The van der Waals surface area contributed by atoms with Gasteiger partial charge in [-0.15, -0.1) is 0 Å². The molecular formula is C13H12N4O4S. The molecule has 4 amide bonds. The molecule has 22 heavy (non-hydrogen) atoms. The van der Waals surface area contributed by atoms with Crippen LogP contribution in [0.15, 0.2) is 18.2 Å². The number of carbonyl (C=O) groups is 3. The first-order valence-electron chi connectivity index (χ1n) is 6.41. The van der Waals surface area contributed by atoms with Crippen molar-refractivity contribution < 1.29 is 19.1 Å². The summed E-state index contributed by atoms with van der Waals surface area (Å²) in [7, 11) is 1.58. The second-order valence-electron chi connectivity index (χ2n) is 4.62. The molecule has 0 spiro atoms. The molecule has 0 aliphatic carbocycles. The Kier molecular flexibility index (Phi) is 3.63. The minimum Gasteiger partial charge on any atom is -0.497 e. The van der Waals surface area contributed by atoms with E-state index in [9.17, 15) is 14.4 Å². The van der Waals surface area contributed by atoms with Gasteiger partial charge in [0.25, 0.3) is 5.91 Å². The topological polar surface area (TPSA) is 109 Å². The van der Waals surface area contributed by atoms with Gasteiger partial charge < -0.3 is 15.4 Å². The molecule has 2 aromatic rings. The van der Waals surface area contributed by atoms with E-state index in [0.29, 0.717) is 10.9 Å². The van der Waals surface area contributed by atoms with Gasteiger partial charge in [0.2, 0.25) is 5.91 Å². The Hall–Kier alpha value is -2.68. The van der Waals surface area contributed by atoms with Crippen molar-refractivity contribution in [1.29, 1.82) is 0 Å². The van der Waals surface area contributed by atoms with Gasteiger partial charge in [-0.25, -0.2) is 9.78 Å². The Morgan fingerprint density at radius 3 is 2.95 bits per heavy atom. The molecule has 1 aliphatic rings. The van der Waals surface area contributed by atoms with Crippen molar-refractivity contribution in [3.8, 4) is 5.75 Å². The first-order chi connectivity index (χ1) is 10.5. The number of benzene rings is 1. The van der Waals surface area contributed by atoms with Crippen LogP contribution in [0.3, 0.4) is 0 Å². The highest BCUT2D eigenvalue weighted by molar-refractivity contribution is 7.22. The summed E-state index contributed by atoms with van der Waals surface area (Å²) in [5.41, 5.74) is 0.744. The number of fused-ring (bicyclic) bond motifs is 1. The number of aromatic nitrogens is 1. The number of rotatable bonds is 4. The fraction of sp³-hybridized carbons (Fsp3) is 0.231. The molecule has 2 heterocycles. The van der Waals surface area contributed by atoms with Gasteiger partial charge in [0.05, 0.1) is 23.7 Å². The third-order valence-electron chi connectivity index (χ3n) is 3.09. The molecule has 3 N–H and O–H groups in total. The van der Waals surface area contributed by atoms with Gasteiger partial charge in [0.1, 0.15) is 11.8 Å². The molecule has 1 aliphatic heterocycles. The third-order valence-corrected chi connectivity index (χ3v) is 4.02. The number of hydrogen-bond donors (Lipinski definition) is 3. The standard InChI is InChI=1S/C13H12N4O4S/c1-21-6-2-3-7-9(4-6)22-13(15-7)16-10(18)5-8-11(19)17-12(20)14-8/h2-4,8H,5H2,1H3,(H,15,16,18)(H2,14,17,19,20). The van der Waals surface area contributed by atoms with Crippen molar-refractivity contribution in [2.75, 3.05) is 12.4 Å². The van der Waals surface area contributed by atoms with Crippen LogP contribution in [-0.4, -0.2) is 36.0 Å². The molecule has 1 atom stereocenters. The fourth-order valence-electron chi connectivity index (χ4n) is 2.04. The van der Waals surface area contributed by atoms with Crippen molar-refractivity contribution in [1.82, 2.24) is 15.6 Å². The van der Waals surface area contributed by atoms with Crippen LogP contribution >= 0.6 is 11.3 Å². The molecule has 1 aromatic heterocycles. The predicted molar refractivity (Wildman–Crippen MR) is 79.9 cm³/mol. The van der Waals surface area contributed by atoms with E-state index in [1.165, 1.54) is 11.3 Å². The summed E-state index contributed by atoms with van der Waals surface area (Å²) in [5.74, 6) is -0.193. The lowest BCUT2D eigenvalue weighted by molar-refractivity contribution is -0.124. The maximum Gasteiger partial charge on any atom is 0.322 e. The highest BCUT2D eigenvalue weighted by atomic mass is 32.1. The first-order valence-corrected chi connectivity index (χ1v) is 7.22.